The van der Waals surface area contributed by atoms with Crippen molar-refractivity contribution >= 4 is 29.9 Å². The van der Waals surface area contributed by atoms with Crippen LogP contribution in [0.15, 0.2) is 35.8 Å². The van der Waals surface area contributed by atoms with Crippen LogP contribution in [-0.4, -0.2) is 33.3 Å². The summed E-state index contributed by atoms with van der Waals surface area (Å²) in [4.78, 5) is 4.11. The molecule has 6 heteroatoms. The summed E-state index contributed by atoms with van der Waals surface area (Å²) in [5.74, 6) is 4.43. The molecule has 1 aromatic rings. The maximum atomic E-state index is 5.47. The highest BCUT2D eigenvalue weighted by Gasteiger charge is 2.06. The molecule has 0 spiro atoms. The van der Waals surface area contributed by atoms with Crippen molar-refractivity contribution in [3.8, 4) is 23.8 Å². The van der Waals surface area contributed by atoms with Gasteiger partial charge >= 0.3 is 0 Å². The van der Waals surface area contributed by atoms with E-state index in [1.54, 1.807) is 20.2 Å². The Labute approximate surface area is 149 Å². The minimum Gasteiger partial charge on any atom is -0.493 e. The van der Waals surface area contributed by atoms with E-state index in [9.17, 15) is 0 Å². The lowest BCUT2D eigenvalue weighted by Gasteiger charge is -2.13. The van der Waals surface area contributed by atoms with Gasteiger partial charge < -0.3 is 20.1 Å². The van der Waals surface area contributed by atoms with Gasteiger partial charge in [-0.1, -0.05) is 18.1 Å². The highest BCUT2D eigenvalue weighted by Crippen LogP contribution is 2.27. The molecule has 0 amide bonds. The smallest absolute Gasteiger partial charge is 0.191 e. The molecule has 0 atom stereocenters. The van der Waals surface area contributed by atoms with Gasteiger partial charge in [0, 0.05) is 20.1 Å². The Bertz CT molecular complexity index is 539. The second-order valence-corrected chi connectivity index (χ2v) is 4.07. The number of nitrogens with zero attached hydrogens (tertiary/aromatic N) is 1. The highest BCUT2D eigenvalue weighted by atomic mass is 127. The summed E-state index contributed by atoms with van der Waals surface area (Å²) < 4.78 is 10.7. The van der Waals surface area contributed by atoms with Gasteiger partial charge in [0.25, 0.3) is 0 Å². The third kappa shape index (κ3) is 6.72. The molecule has 2 N–H and O–H groups in total. The number of benzene rings is 1. The van der Waals surface area contributed by atoms with Crippen molar-refractivity contribution in [3.05, 3.63) is 36.4 Å². The van der Waals surface area contributed by atoms with Crippen LogP contribution in [0.4, 0.5) is 0 Å². The molecule has 0 bridgehead atoms. The van der Waals surface area contributed by atoms with Crippen LogP contribution < -0.4 is 20.1 Å². The minimum absolute atomic E-state index is 0. The molecular weight excluding hydrogens is 393 g/mol. The third-order valence-electron chi connectivity index (χ3n) is 2.64. The molecule has 0 saturated carbocycles. The van der Waals surface area contributed by atoms with Crippen molar-refractivity contribution in [1.29, 1.82) is 0 Å². The van der Waals surface area contributed by atoms with E-state index in [1.165, 1.54) is 0 Å². The average Bonchev–Trinajstić information content (AvgIpc) is 2.53. The monoisotopic (exact) mass is 415 g/mol. The lowest BCUT2D eigenvalue weighted by atomic mass is 10.2. The number of nitrogens with one attached hydrogen (secondary N) is 2. The Balaban J connectivity index is 0.00000441. The van der Waals surface area contributed by atoms with Gasteiger partial charge in [-0.25, -0.2) is 0 Å². The fourth-order valence-corrected chi connectivity index (χ4v) is 1.64. The summed E-state index contributed by atoms with van der Waals surface area (Å²) in [5.41, 5.74) is 1.03. The van der Waals surface area contributed by atoms with Gasteiger partial charge in [0.1, 0.15) is 6.61 Å². The lowest BCUT2D eigenvalue weighted by Crippen LogP contribution is -2.36. The largest absolute Gasteiger partial charge is 0.493 e. The normalized spacial score (nSPS) is 9.95. The summed E-state index contributed by atoms with van der Waals surface area (Å²) in [6, 6.07) is 5.70. The number of guanidine groups is 1. The molecule has 0 heterocycles. The second kappa shape index (κ2) is 11.7. The van der Waals surface area contributed by atoms with Crippen molar-refractivity contribution in [2.24, 2.45) is 4.99 Å². The maximum Gasteiger partial charge on any atom is 0.191 e. The van der Waals surface area contributed by atoms with Gasteiger partial charge in [-0.3, -0.25) is 4.99 Å². The van der Waals surface area contributed by atoms with Crippen LogP contribution in [0.5, 0.6) is 11.5 Å². The highest BCUT2D eigenvalue weighted by molar-refractivity contribution is 14.0. The molecule has 1 aromatic carbocycles. The van der Waals surface area contributed by atoms with E-state index in [0.717, 1.165) is 5.56 Å². The molecule has 0 unspecified atom stereocenters. The summed E-state index contributed by atoms with van der Waals surface area (Å²) in [6.07, 6.45) is 6.98. The standard InChI is InChI=1S/C16H21N3O2.HI/c1-5-9-18-16(17-3)19-12-13-7-8-14(20-4)15(11-13)21-10-6-2;/h2,5,7-8,11H,1,9-10,12H2,3-4H3,(H2,17,18,19);1H. The van der Waals surface area contributed by atoms with Crippen LogP contribution in [0.1, 0.15) is 5.56 Å². The second-order valence-electron chi connectivity index (χ2n) is 4.07. The van der Waals surface area contributed by atoms with Gasteiger partial charge in [-0.05, 0) is 17.7 Å². The van der Waals surface area contributed by atoms with Crippen LogP contribution in [0, 0.1) is 12.3 Å². The topological polar surface area (TPSA) is 54.9 Å². The van der Waals surface area contributed by atoms with Gasteiger partial charge in [0.15, 0.2) is 17.5 Å². The Hall–Kier alpha value is -1.88. The number of ether oxygens (including phenoxy) is 2. The average molecular weight is 415 g/mol. The summed E-state index contributed by atoms with van der Waals surface area (Å²) in [5, 5.41) is 6.29. The van der Waals surface area contributed by atoms with Crippen LogP contribution in [0.2, 0.25) is 0 Å². The molecule has 0 aliphatic carbocycles. The van der Waals surface area contributed by atoms with E-state index in [1.807, 2.05) is 18.2 Å². The van der Waals surface area contributed by atoms with Gasteiger partial charge in [-0.2, -0.15) is 0 Å². The molecule has 0 aromatic heterocycles. The first-order chi connectivity index (χ1) is 10.2. The molecule has 0 fully saturated rings. The zero-order valence-corrected chi connectivity index (χ0v) is 15.2. The number of methoxy groups -OCH3 is 1. The Morgan fingerprint density at radius 1 is 1.41 bits per heavy atom. The minimum atomic E-state index is 0. The fourth-order valence-electron chi connectivity index (χ4n) is 1.64. The van der Waals surface area contributed by atoms with E-state index >= 15 is 0 Å². The van der Waals surface area contributed by atoms with Crippen molar-refractivity contribution in [2.45, 2.75) is 6.54 Å². The summed E-state index contributed by atoms with van der Waals surface area (Å²) in [7, 11) is 3.31. The fraction of sp³-hybridized carbons (Fsp3) is 0.312. The summed E-state index contributed by atoms with van der Waals surface area (Å²) in [6.45, 7) is 5.11. The van der Waals surface area contributed by atoms with Crippen LogP contribution >= 0.6 is 24.0 Å². The first-order valence-corrected chi connectivity index (χ1v) is 6.53. The van der Waals surface area contributed by atoms with Crippen molar-refractivity contribution in [2.75, 3.05) is 27.3 Å². The zero-order chi connectivity index (χ0) is 15.5. The van der Waals surface area contributed by atoms with E-state index in [2.05, 4.69) is 28.1 Å². The zero-order valence-electron chi connectivity index (χ0n) is 12.9. The number of hydrogen-bond acceptors (Lipinski definition) is 3. The third-order valence-corrected chi connectivity index (χ3v) is 2.64. The van der Waals surface area contributed by atoms with Crippen molar-refractivity contribution < 1.29 is 9.47 Å². The number of halogens is 1. The number of hydrogen-bond donors (Lipinski definition) is 2. The van der Waals surface area contributed by atoms with Gasteiger partial charge in [0.05, 0.1) is 7.11 Å². The van der Waals surface area contributed by atoms with E-state index in [4.69, 9.17) is 15.9 Å². The quantitative estimate of drug-likeness (QED) is 0.236. The molecule has 120 valence electrons. The first kappa shape index (κ1) is 20.1. The first-order valence-electron chi connectivity index (χ1n) is 6.53. The number of aliphatic imine (C=N–C) groups is 1. The molecule has 0 saturated heterocycles. The number of terminal acetylenes is 1. The summed E-state index contributed by atoms with van der Waals surface area (Å²) >= 11 is 0. The predicted octanol–water partition coefficient (Wildman–Crippen LogP) is 2.18. The van der Waals surface area contributed by atoms with Gasteiger partial charge in [-0.15, -0.1) is 37.0 Å². The maximum absolute atomic E-state index is 5.47. The Morgan fingerprint density at radius 3 is 2.77 bits per heavy atom. The van der Waals surface area contributed by atoms with Crippen LogP contribution in [-0.2, 0) is 6.54 Å². The molecule has 1 rings (SSSR count). The Kier molecular flexibility index (Phi) is 10.7. The molecule has 0 aliphatic heterocycles. The molecule has 5 nitrogen and oxygen atoms in total. The van der Waals surface area contributed by atoms with Gasteiger partial charge in [0.2, 0.25) is 0 Å². The number of rotatable bonds is 7. The molecular formula is C16H22IN3O2. The van der Waals surface area contributed by atoms with Crippen molar-refractivity contribution in [3.63, 3.8) is 0 Å². The van der Waals surface area contributed by atoms with Crippen LogP contribution in [0.25, 0.3) is 0 Å². The molecule has 0 radical (unpaired) electrons. The predicted molar refractivity (Wildman–Crippen MR) is 101 cm³/mol. The molecule has 0 aliphatic rings. The SMILES string of the molecule is C#CCOc1cc(CNC(=NC)NCC=C)ccc1OC.I. The van der Waals surface area contributed by atoms with E-state index in [-0.39, 0.29) is 30.6 Å². The van der Waals surface area contributed by atoms with Crippen molar-refractivity contribution in [1.82, 2.24) is 10.6 Å². The van der Waals surface area contributed by atoms with E-state index < -0.39 is 0 Å². The Morgan fingerprint density at radius 2 is 2.18 bits per heavy atom. The molecule has 22 heavy (non-hydrogen) atoms. The van der Waals surface area contributed by atoms with E-state index in [0.29, 0.717) is 30.5 Å². The lowest BCUT2D eigenvalue weighted by molar-refractivity contribution is 0.330. The van der Waals surface area contributed by atoms with Crippen LogP contribution in [0.3, 0.4) is 0 Å².